The molecule has 3 aromatic carbocycles. The summed E-state index contributed by atoms with van der Waals surface area (Å²) < 4.78 is 13.8. The summed E-state index contributed by atoms with van der Waals surface area (Å²) in [6.07, 6.45) is 1.53. The number of carbonyl (C=O) groups excluding carboxylic acids is 2. The van der Waals surface area contributed by atoms with Crippen LogP contribution in [0.3, 0.4) is 0 Å². The maximum Gasteiger partial charge on any atom is 0.273 e. The molecule has 0 aliphatic heterocycles. The molecule has 0 radical (unpaired) electrons. The number of halogens is 1. The Morgan fingerprint density at radius 2 is 1.50 bits per heavy atom. The molecule has 0 aromatic heterocycles. The Labute approximate surface area is 161 Å². The number of nitrogens with one attached hydrogen (secondary N) is 2. The lowest BCUT2D eigenvalue weighted by molar-refractivity contribution is 0.0956. The summed E-state index contributed by atoms with van der Waals surface area (Å²) >= 11 is 0. The molecule has 5 nitrogen and oxygen atoms in total. The lowest BCUT2D eigenvalue weighted by Crippen LogP contribution is -2.21. The number of rotatable bonds is 5. The predicted octanol–water partition coefficient (Wildman–Crippen LogP) is 4.15. The summed E-state index contributed by atoms with van der Waals surface area (Å²) in [7, 11) is 0. The molecule has 0 fully saturated rings. The minimum Gasteiger partial charge on any atom is -0.321 e. The van der Waals surface area contributed by atoms with Gasteiger partial charge in [-0.25, -0.2) is 9.82 Å². The number of carbonyl (C=O) groups is 2. The first kappa shape index (κ1) is 19.0. The highest BCUT2D eigenvalue weighted by Gasteiger charge is 2.15. The normalized spacial score (nSPS) is 10.6. The van der Waals surface area contributed by atoms with E-state index in [4.69, 9.17) is 0 Å². The fraction of sp³-hybridized carbons (Fsp3) is 0.0455. The first-order valence-electron chi connectivity index (χ1n) is 8.59. The van der Waals surface area contributed by atoms with Crippen molar-refractivity contribution in [2.75, 3.05) is 5.32 Å². The van der Waals surface area contributed by atoms with E-state index in [-0.39, 0.29) is 16.8 Å². The molecule has 2 amide bonds. The van der Waals surface area contributed by atoms with E-state index in [1.807, 2.05) is 31.2 Å². The molecule has 0 bridgehead atoms. The van der Waals surface area contributed by atoms with Crippen LogP contribution in [0.2, 0.25) is 0 Å². The second-order valence-electron chi connectivity index (χ2n) is 6.09. The third-order valence-electron chi connectivity index (χ3n) is 4.00. The smallest absolute Gasteiger partial charge is 0.273 e. The Hall–Kier alpha value is -3.80. The van der Waals surface area contributed by atoms with Crippen molar-refractivity contribution in [2.24, 2.45) is 5.10 Å². The molecule has 0 saturated heterocycles. The van der Waals surface area contributed by atoms with E-state index in [0.29, 0.717) is 0 Å². The number of hydrazone groups is 1. The molecule has 140 valence electrons. The van der Waals surface area contributed by atoms with Crippen molar-refractivity contribution in [3.8, 4) is 0 Å². The van der Waals surface area contributed by atoms with Gasteiger partial charge in [-0.1, -0.05) is 54.1 Å². The highest BCUT2D eigenvalue weighted by atomic mass is 19.1. The topological polar surface area (TPSA) is 70.6 Å². The zero-order chi connectivity index (χ0) is 19.9. The summed E-state index contributed by atoms with van der Waals surface area (Å²) in [5.74, 6) is -1.76. The Kier molecular flexibility index (Phi) is 5.91. The van der Waals surface area contributed by atoms with Crippen LogP contribution < -0.4 is 10.7 Å². The van der Waals surface area contributed by atoms with E-state index in [0.717, 1.165) is 11.1 Å². The van der Waals surface area contributed by atoms with Crippen LogP contribution in [0, 0.1) is 12.7 Å². The zero-order valence-corrected chi connectivity index (χ0v) is 15.1. The van der Waals surface area contributed by atoms with Crippen LogP contribution in [0.15, 0.2) is 77.9 Å². The number of nitrogens with zero attached hydrogens (tertiary/aromatic N) is 1. The Morgan fingerprint density at radius 1 is 0.857 bits per heavy atom. The summed E-state index contributed by atoms with van der Waals surface area (Å²) in [6.45, 7) is 1.98. The van der Waals surface area contributed by atoms with Gasteiger partial charge in [-0.2, -0.15) is 5.10 Å². The number of anilines is 1. The Morgan fingerprint density at radius 3 is 2.21 bits per heavy atom. The third-order valence-corrected chi connectivity index (χ3v) is 4.00. The Balaban J connectivity index is 1.72. The maximum absolute atomic E-state index is 13.8. The maximum atomic E-state index is 13.8. The van der Waals surface area contributed by atoms with Gasteiger partial charge in [0.25, 0.3) is 11.8 Å². The average molecular weight is 375 g/mol. The van der Waals surface area contributed by atoms with Crippen LogP contribution >= 0.6 is 0 Å². The molecule has 3 aromatic rings. The summed E-state index contributed by atoms with van der Waals surface area (Å²) in [4.78, 5) is 24.8. The highest BCUT2D eigenvalue weighted by Crippen LogP contribution is 2.17. The molecule has 0 aliphatic carbocycles. The molecule has 0 atom stereocenters. The van der Waals surface area contributed by atoms with E-state index in [2.05, 4.69) is 15.8 Å². The third kappa shape index (κ3) is 4.67. The SMILES string of the molecule is Cc1ccc(/C=N/NC(=O)c2ccccc2NC(=O)c2ccccc2F)cc1. The van der Waals surface area contributed by atoms with Crippen molar-refractivity contribution in [3.05, 3.63) is 101 Å². The molecule has 0 unspecified atom stereocenters. The van der Waals surface area contributed by atoms with Crippen LogP contribution in [0.1, 0.15) is 31.8 Å². The molecule has 0 heterocycles. The fourth-order valence-corrected chi connectivity index (χ4v) is 2.50. The molecule has 3 rings (SSSR count). The lowest BCUT2D eigenvalue weighted by Gasteiger charge is -2.10. The van der Waals surface area contributed by atoms with Gasteiger partial charge in [0.05, 0.1) is 23.0 Å². The summed E-state index contributed by atoms with van der Waals surface area (Å²) in [5.41, 5.74) is 4.77. The first-order chi connectivity index (χ1) is 13.5. The molecule has 2 N–H and O–H groups in total. The summed E-state index contributed by atoms with van der Waals surface area (Å²) in [6, 6.07) is 19.7. The van der Waals surface area contributed by atoms with Crippen molar-refractivity contribution in [1.82, 2.24) is 5.43 Å². The van der Waals surface area contributed by atoms with Crippen LogP contribution in [0.5, 0.6) is 0 Å². The lowest BCUT2D eigenvalue weighted by atomic mass is 10.1. The van der Waals surface area contributed by atoms with Gasteiger partial charge in [-0.15, -0.1) is 0 Å². The van der Waals surface area contributed by atoms with Crippen molar-refractivity contribution >= 4 is 23.7 Å². The van der Waals surface area contributed by atoms with Crippen molar-refractivity contribution in [3.63, 3.8) is 0 Å². The zero-order valence-electron chi connectivity index (χ0n) is 15.1. The standard InChI is InChI=1S/C22H18FN3O2/c1-15-10-12-16(13-11-15)14-24-26-22(28)18-7-3-5-9-20(18)25-21(27)17-6-2-4-8-19(17)23/h2-14H,1H3,(H,25,27)(H,26,28)/b24-14+. The molecule has 0 aliphatic rings. The van der Waals surface area contributed by atoms with E-state index >= 15 is 0 Å². The highest BCUT2D eigenvalue weighted by molar-refractivity contribution is 6.09. The van der Waals surface area contributed by atoms with Gasteiger partial charge in [-0.05, 0) is 36.8 Å². The van der Waals surface area contributed by atoms with Crippen molar-refractivity contribution < 1.29 is 14.0 Å². The molecule has 28 heavy (non-hydrogen) atoms. The first-order valence-corrected chi connectivity index (χ1v) is 8.59. The monoisotopic (exact) mass is 375 g/mol. The number of aryl methyl sites for hydroxylation is 1. The van der Waals surface area contributed by atoms with Gasteiger partial charge in [-0.3, -0.25) is 9.59 Å². The molecule has 0 saturated carbocycles. The van der Waals surface area contributed by atoms with Gasteiger partial charge in [0, 0.05) is 0 Å². The minimum atomic E-state index is -0.637. The van der Waals surface area contributed by atoms with Gasteiger partial charge < -0.3 is 5.32 Å². The largest absolute Gasteiger partial charge is 0.321 e. The van der Waals surface area contributed by atoms with Crippen LogP contribution in [-0.2, 0) is 0 Å². The predicted molar refractivity (Wildman–Crippen MR) is 107 cm³/mol. The molecular weight excluding hydrogens is 357 g/mol. The second-order valence-corrected chi connectivity index (χ2v) is 6.09. The van der Waals surface area contributed by atoms with Crippen molar-refractivity contribution in [2.45, 2.75) is 6.92 Å². The Bertz CT molecular complexity index is 1030. The number of amides is 2. The minimum absolute atomic E-state index is 0.102. The van der Waals surface area contributed by atoms with Crippen LogP contribution in [0.4, 0.5) is 10.1 Å². The number of benzene rings is 3. The number of para-hydroxylation sites is 1. The second kappa shape index (κ2) is 8.73. The molecular formula is C22H18FN3O2. The van der Waals surface area contributed by atoms with Gasteiger partial charge >= 0.3 is 0 Å². The van der Waals surface area contributed by atoms with E-state index in [1.54, 1.807) is 30.3 Å². The van der Waals surface area contributed by atoms with Crippen LogP contribution in [0.25, 0.3) is 0 Å². The van der Waals surface area contributed by atoms with Gasteiger partial charge in [0.2, 0.25) is 0 Å². The van der Waals surface area contributed by atoms with Gasteiger partial charge in [0.15, 0.2) is 0 Å². The van der Waals surface area contributed by atoms with E-state index < -0.39 is 17.6 Å². The number of hydrogen-bond acceptors (Lipinski definition) is 3. The van der Waals surface area contributed by atoms with Crippen LogP contribution in [-0.4, -0.2) is 18.0 Å². The number of hydrogen-bond donors (Lipinski definition) is 2. The van der Waals surface area contributed by atoms with E-state index in [9.17, 15) is 14.0 Å². The van der Waals surface area contributed by atoms with Crippen molar-refractivity contribution in [1.29, 1.82) is 0 Å². The molecule has 0 spiro atoms. The molecule has 6 heteroatoms. The quantitative estimate of drug-likeness (QED) is 0.519. The summed E-state index contributed by atoms with van der Waals surface area (Å²) in [5, 5.41) is 6.51. The van der Waals surface area contributed by atoms with E-state index in [1.165, 1.54) is 24.4 Å². The fourth-order valence-electron chi connectivity index (χ4n) is 2.50. The van der Waals surface area contributed by atoms with Gasteiger partial charge in [0.1, 0.15) is 5.82 Å². The average Bonchev–Trinajstić information content (AvgIpc) is 2.70.